The van der Waals surface area contributed by atoms with Crippen molar-refractivity contribution in [3.8, 4) is 0 Å². The van der Waals surface area contributed by atoms with E-state index < -0.39 is 18.0 Å². The maximum absolute atomic E-state index is 12.7. The second-order valence-corrected chi connectivity index (χ2v) is 8.07. The summed E-state index contributed by atoms with van der Waals surface area (Å²) in [5.41, 5.74) is 1.04. The van der Waals surface area contributed by atoms with Gasteiger partial charge in [-0.05, 0) is 30.5 Å². The van der Waals surface area contributed by atoms with Crippen molar-refractivity contribution >= 4 is 52.2 Å². The molecule has 0 saturated carbocycles. The Labute approximate surface area is 188 Å². The number of benzene rings is 1. The van der Waals surface area contributed by atoms with Crippen molar-refractivity contribution in [2.75, 3.05) is 23.3 Å². The van der Waals surface area contributed by atoms with Gasteiger partial charge in [0.25, 0.3) is 5.91 Å². The minimum Gasteiger partial charge on any atom is -0.452 e. The van der Waals surface area contributed by atoms with Crippen molar-refractivity contribution in [2.24, 2.45) is 0 Å². The molecule has 0 saturated heterocycles. The number of Topliss-reactive ketones (excluding diaryl/α,β-unsaturated/α-hetero) is 1. The summed E-state index contributed by atoms with van der Waals surface area (Å²) >= 11 is 1.32. The number of hydrogen-bond acceptors (Lipinski definition) is 7. The van der Waals surface area contributed by atoms with E-state index in [-0.39, 0.29) is 49.9 Å². The number of nitrogens with zero attached hydrogens (tertiary/aromatic N) is 1. The highest BCUT2D eigenvalue weighted by molar-refractivity contribution is 7.12. The molecule has 3 rings (SSSR count). The van der Waals surface area contributed by atoms with Gasteiger partial charge in [0.15, 0.2) is 11.9 Å². The lowest BCUT2D eigenvalue weighted by Gasteiger charge is -2.30. The van der Waals surface area contributed by atoms with E-state index in [1.54, 1.807) is 41.8 Å². The molecule has 32 heavy (non-hydrogen) atoms. The third-order valence-electron chi connectivity index (χ3n) is 4.72. The summed E-state index contributed by atoms with van der Waals surface area (Å²) in [6, 6.07) is 10.3. The molecule has 1 atom stereocenters. The molecule has 2 heterocycles. The van der Waals surface area contributed by atoms with E-state index in [2.05, 4.69) is 10.6 Å². The lowest BCUT2D eigenvalue weighted by atomic mass is 10.1. The lowest BCUT2D eigenvalue weighted by Crippen LogP contribution is -2.47. The van der Waals surface area contributed by atoms with Crippen LogP contribution in [0.5, 0.6) is 0 Å². The number of hydrogen-bond donors (Lipinski definition) is 2. The second-order valence-electron chi connectivity index (χ2n) is 7.12. The van der Waals surface area contributed by atoms with E-state index in [0.29, 0.717) is 16.3 Å². The van der Waals surface area contributed by atoms with Crippen LogP contribution >= 0.6 is 11.3 Å². The number of nitrogens with one attached hydrogen (secondary N) is 2. The summed E-state index contributed by atoms with van der Waals surface area (Å²) in [6.07, 6.45) is -1.11. The van der Waals surface area contributed by atoms with Crippen LogP contribution in [-0.4, -0.2) is 48.7 Å². The zero-order valence-electron chi connectivity index (χ0n) is 17.5. The standard InChI is InChI=1S/C22H23N3O6S/c1-14(22(30)25-13-20(28)24-15-5-2-3-6-16(15)25)31-21(29)10-11-23-19(27)9-8-17(26)18-7-4-12-32-18/h2-7,12,14H,8-11,13H2,1H3,(H,23,27)(H,24,28). The van der Waals surface area contributed by atoms with Gasteiger partial charge in [-0.2, -0.15) is 0 Å². The number of ether oxygens (including phenoxy) is 1. The highest BCUT2D eigenvalue weighted by Gasteiger charge is 2.31. The normalized spacial score (nSPS) is 13.5. The first-order valence-corrected chi connectivity index (χ1v) is 11.0. The molecule has 168 valence electrons. The molecule has 1 aromatic carbocycles. The number of anilines is 2. The van der Waals surface area contributed by atoms with E-state index in [4.69, 9.17) is 4.74 Å². The molecule has 10 heteroatoms. The van der Waals surface area contributed by atoms with Crippen LogP contribution in [-0.2, 0) is 23.9 Å². The summed E-state index contributed by atoms with van der Waals surface area (Å²) < 4.78 is 5.18. The first-order valence-electron chi connectivity index (χ1n) is 10.1. The molecule has 1 unspecified atom stereocenters. The van der Waals surface area contributed by atoms with Gasteiger partial charge < -0.3 is 15.4 Å². The van der Waals surface area contributed by atoms with E-state index in [1.807, 2.05) is 0 Å². The van der Waals surface area contributed by atoms with Crippen molar-refractivity contribution in [1.29, 1.82) is 0 Å². The second kappa shape index (κ2) is 10.7. The third-order valence-corrected chi connectivity index (χ3v) is 5.63. The molecule has 0 radical (unpaired) electrons. The number of rotatable bonds is 9. The molecule has 1 aromatic heterocycles. The van der Waals surface area contributed by atoms with Crippen molar-refractivity contribution in [3.63, 3.8) is 0 Å². The number of carbonyl (C=O) groups is 5. The fraction of sp³-hybridized carbons (Fsp3) is 0.318. The zero-order chi connectivity index (χ0) is 23.1. The SMILES string of the molecule is CC(OC(=O)CCNC(=O)CCC(=O)c1cccs1)C(=O)N1CC(=O)Nc2ccccc21. The van der Waals surface area contributed by atoms with Crippen molar-refractivity contribution < 1.29 is 28.7 Å². The first-order chi connectivity index (χ1) is 15.3. The molecule has 9 nitrogen and oxygen atoms in total. The van der Waals surface area contributed by atoms with Gasteiger partial charge in [0.2, 0.25) is 11.8 Å². The van der Waals surface area contributed by atoms with Crippen LogP contribution < -0.4 is 15.5 Å². The summed E-state index contributed by atoms with van der Waals surface area (Å²) in [5, 5.41) is 7.04. The Morgan fingerprint density at radius 2 is 1.91 bits per heavy atom. The quantitative estimate of drug-likeness (QED) is 0.439. The van der Waals surface area contributed by atoms with E-state index in [1.165, 1.54) is 23.2 Å². The summed E-state index contributed by atoms with van der Waals surface area (Å²) in [7, 11) is 0. The fourth-order valence-corrected chi connectivity index (χ4v) is 3.83. The third kappa shape index (κ3) is 6.01. The van der Waals surface area contributed by atoms with Crippen molar-refractivity contribution in [2.45, 2.75) is 32.3 Å². The van der Waals surface area contributed by atoms with Crippen LogP contribution in [0.2, 0.25) is 0 Å². The monoisotopic (exact) mass is 457 g/mol. The Balaban J connectivity index is 1.41. The maximum atomic E-state index is 12.7. The number of carbonyl (C=O) groups excluding carboxylic acids is 5. The predicted octanol–water partition coefficient (Wildman–Crippen LogP) is 2.13. The number of para-hydroxylation sites is 2. The van der Waals surface area contributed by atoms with Crippen molar-refractivity contribution in [1.82, 2.24) is 5.32 Å². The van der Waals surface area contributed by atoms with Gasteiger partial charge in [-0.25, -0.2) is 0 Å². The van der Waals surface area contributed by atoms with Gasteiger partial charge >= 0.3 is 5.97 Å². The minimum absolute atomic E-state index is 0.0249. The van der Waals surface area contributed by atoms with Crippen LogP contribution in [0.3, 0.4) is 0 Å². The molecule has 2 N–H and O–H groups in total. The largest absolute Gasteiger partial charge is 0.452 e. The molecule has 0 spiro atoms. The zero-order valence-corrected chi connectivity index (χ0v) is 18.3. The molecular weight excluding hydrogens is 434 g/mol. The summed E-state index contributed by atoms with van der Waals surface area (Å²) in [6.45, 7) is 1.29. The van der Waals surface area contributed by atoms with Crippen LogP contribution in [0, 0.1) is 0 Å². The van der Waals surface area contributed by atoms with Crippen LogP contribution in [0.1, 0.15) is 35.9 Å². The highest BCUT2D eigenvalue weighted by Crippen LogP contribution is 2.29. The van der Waals surface area contributed by atoms with Gasteiger partial charge in [0.05, 0.1) is 22.7 Å². The molecule has 1 aliphatic heterocycles. The smallest absolute Gasteiger partial charge is 0.308 e. The molecule has 0 fully saturated rings. The van der Waals surface area contributed by atoms with Gasteiger partial charge in [-0.3, -0.25) is 28.9 Å². The predicted molar refractivity (Wildman–Crippen MR) is 118 cm³/mol. The van der Waals surface area contributed by atoms with Crippen LogP contribution in [0.15, 0.2) is 41.8 Å². The average Bonchev–Trinajstić information content (AvgIpc) is 3.31. The number of amides is 3. The molecule has 3 amide bonds. The number of fused-ring (bicyclic) bond motifs is 1. The van der Waals surface area contributed by atoms with E-state index >= 15 is 0 Å². The van der Waals surface area contributed by atoms with Crippen LogP contribution in [0.25, 0.3) is 0 Å². The Kier molecular flexibility index (Phi) is 7.72. The number of ketones is 1. The van der Waals surface area contributed by atoms with E-state index in [9.17, 15) is 24.0 Å². The first kappa shape index (κ1) is 23.1. The Morgan fingerprint density at radius 3 is 2.66 bits per heavy atom. The van der Waals surface area contributed by atoms with Crippen molar-refractivity contribution in [3.05, 3.63) is 46.7 Å². The average molecular weight is 458 g/mol. The van der Waals surface area contributed by atoms with Gasteiger partial charge in [-0.1, -0.05) is 18.2 Å². The topological polar surface area (TPSA) is 122 Å². The minimum atomic E-state index is -1.10. The van der Waals surface area contributed by atoms with Gasteiger partial charge in [-0.15, -0.1) is 11.3 Å². The summed E-state index contributed by atoms with van der Waals surface area (Å²) in [5.74, 6) is -1.96. The number of esters is 1. The van der Waals surface area contributed by atoms with Gasteiger partial charge in [0, 0.05) is 19.4 Å². The molecular formula is C22H23N3O6S. The number of thiophene rings is 1. The highest BCUT2D eigenvalue weighted by atomic mass is 32.1. The fourth-order valence-electron chi connectivity index (χ4n) is 3.14. The molecule has 2 aromatic rings. The molecule has 0 aliphatic carbocycles. The molecule has 0 bridgehead atoms. The summed E-state index contributed by atoms with van der Waals surface area (Å²) in [4.78, 5) is 62.3. The van der Waals surface area contributed by atoms with E-state index in [0.717, 1.165) is 0 Å². The van der Waals surface area contributed by atoms with Crippen LogP contribution in [0.4, 0.5) is 11.4 Å². The maximum Gasteiger partial charge on any atom is 0.308 e. The Bertz CT molecular complexity index is 1020. The Morgan fingerprint density at radius 1 is 1.12 bits per heavy atom. The molecule has 1 aliphatic rings. The van der Waals surface area contributed by atoms with Gasteiger partial charge in [0.1, 0.15) is 6.54 Å². The Hall–Kier alpha value is -3.53. The lowest BCUT2D eigenvalue weighted by molar-refractivity contribution is -0.153.